The Hall–Kier alpha value is -1.77. The maximum atomic E-state index is 10.3. The van der Waals surface area contributed by atoms with Crippen molar-refractivity contribution in [1.82, 2.24) is 0 Å². The van der Waals surface area contributed by atoms with Crippen LogP contribution in [-0.2, 0) is 4.79 Å². The number of hydrogen-bond acceptors (Lipinski definition) is 2. The lowest BCUT2D eigenvalue weighted by atomic mass is 10.2. The van der Waals surface area contributed by atoms with E-state index in [4.69, 9.17) is 9.84 Å². The first kappa shape index (κ1) is 10.3. The van der Waals surface area contributed by atoms with E-state index >= 15 is 0 Å². The Kier molecular flexibility index (Phi) is 3.73. The van der Waals surface area contributed by atoms with E-state index in [-0.39, 0.29) is 6.42 Å². The minimum absolute atomic E-state index is 0.0258. The van der Waals surface area contributed by atoms with Gasteiger partial charge in [0.05, 0.1) is 13.5 Å². The molecule has 0 bridgehead atoms. The summed E-state index contributed by atoms with van der Waals surface area (Å²) in [5.41, 5.74) is 0.885. The van der Waals surface area contributed by atoms with Gasteiger partial charge in [0.1, 0.15) is 5.75 Å². The van der Waals surface area contributed by atoms with Gasteiger partial charge in [0.15, 0.2) is 0 Å². The molecule has 0 amide bonds. The number of carboxylic acid groups (broad SMARTS) is 1. The van der Waals surface area contributed by atoms with Crippen LogP contribution < -0.4 is 4.74 Å². The molecule has 3 nitrogen and oxygen atoms in total. The molecule has 0 radical (unpaired) electrons. The van der Waals surface area contributed by atoms with Crippen LogP contribution >= 0.6 is 0 Å². The monoisotopic (exact) mass is 192 g/mol. The van der Waals surface area contributed by atoms with Gasteiger partial charge in [0.2, 0.25) is 0 Å². The van der Waals surface area contributed by atoms with Crippen LogP contribution in [0.25, 0.3) is 6.08 Å². The third-order valence-electron chi connectivity index (χ3n) is 1.73. The molecular formula is C11H12O3. The van der Waals surface area contributed by atoms with Gasteiger partial charge >= 0.3 is 5.97 Å². The predicted octanol–water partition coefficient (Wildman–Crippen LogP) is 2.18. The quantitative estimate of drug-likeness (QED) is 0.795. The zero-order valence-corrected chi connectivity index (χ0v) is 7.93. The van der Waals surface area contributed by atoms with Crippen molar-refractivity contribution in [2.45, 2.75) is 6.42 Å². The van der Waals surface area contributed by atoms with Crippen LogP contribution in [0.15, 0.2) is 30.3 Å². The summed E-state index contributed by atoms with van der Waals surface area (Å²) < 4.78 is 5.10. The minimum atomic E-state index is -0.837. The van der Waals surface area contributed by atoms with Crippen molar-refractivity contribution in [1.29, 1.82) is 0 Å². The number of rotatable bonds is 4. The average molecular weight is 192 g/mol. The number of carboxylic acids is 1. The molecule has 0 aliphatic rings. The van der Waals surface area contributed by atoms with E-state index in [9.17, 15) is 4.79 Å². The fourth-order valence-corrected chi connectivity index (χ4v) is 1.09. The lowest BCUT2D eigenvalue weighted by Gasteiger charge is -2.02. The van der Waals surface area contributed by atoms with Crippen LogP contribution in [0.5, 0.6) is 5.75 Å². The van der Waals surface area contributed by atoms with Crippen LogP contribution in [0, 0.1) is 0 Å². The van der Waals surface area contributed by atoms with Gasteiger partial charge in [-0.3, -0.25) is 4.79 Å². The molecule has 1 aromatic carbocycles. The summed E-state index contributed by atoms with van der Waals surface area (Å²) in [6.45, 7) is 0. The first-order valence-electron chi connectivity index (χ1n) is 4.25. The standard InChI is InChI=1S/C11H12O3/c1-14-10-7-3-2-5-9(10)6-4-8-11(12)13/h2-7H,8H2,1H3,(H,12,13). The van der Waals surface area contributed by atoms with Crippen LogP contribution in [0.3, 0.4) is 0 Å². The van der Waals surface area contributed by atoms with Crippen molar-refractivity contribution in [3.05, 3.63) is 35.9 Å². The van der Waals surface area contributed by atoms with Gasteiger partial charge in [-0.05, 0) is 6.07 Å². The second-order valence-electron chi connectivity index (χ2n) is 2.74. The minimum Gasteiger partial charge on any atom is -0.496 e. The Balaban J connectivity index is 2.75. The lowest BCUT2D eigenvalue weighted by Crippen LogP contribution is -1.90. The van der Waals surface area contributed by atoms with E-state index in [1.165, 1.54) is 0 Å². The first-order valence-corrected chi connectivity index (χ1v) is 4.25. The molecule has 0 aliphatic heterocycles. The maximum Gasteiger partial charge on any atom is 0.307 e. The Bertz CT molecular complexity index is 342. The van der Waals surface area contributed by atoms with E-state index in [1.54, 1.807) is 19.3 Å². The number of benzene rings is 1. The normalized spacial score (nSPS) is 10.4. The highest BCUT2D eigenvalue weighted by Gasteiger charge is 1.96. The molecule has 74 valence electrons. The molecule has 0 atom stereocenters. The number of aliphatic carboxylic acids is 1. The van der Waals surface area contributed by atoms with Crippen LogP contribution in [0.1, 0.15) is 12.0 Å². The molecule has 3 heteroatoms. The molecule has 1 N–H and O–H groups in total. The summed E-state index contributed by atoms with van der Waals surface area (Å²) in [5.74, 6) is -0.0923. The van der Waals surface area contributed by atoms with Crippen molar-refractivity contribution in [3.63, 3.8) is 0 Å². The van der Waals surface area contributed by atoms with E-state index in [1.807, 2.05) is 24.3 Å². The fourth-order valence-electron chi connectivity index (χ4n) is 1.09. The topological polar surface area (TPSA) is 46.5 Å². The SMILES string of the molecule is COc1ccccc1C=CCC(=O)O. The Morgan fingerprint density at radius 3 is 2.86 bits per heavy atom. The van der Waals surface area contributed by atoms with Crippen LogP contribution in [-0.4, -0.2) is 18.2 Å². The molecule has 14 heavy (non-hydrogen) atoms. The lowest BCUT2D eigenvalue weighted by molar-refractivity contribution is -0.135. The molecule has 0 heterocycles. The first-order chi connectivity index (χ1) is 6.74. The zero-order valence-electron chi connectivity index (χ0n) is 7.93. The zero-order chi connectivity index (χ0) is 10.4. The summed E-state index contributed by atoms with van der Waals surface area (Å²) in [6.07, 6.45) is 3.37. The molecule has 1 rings (SSSR count). The van der Waals surface area contributed by atoms with Gasteiger partial charge in [-0.2, -0.15) is 0 Å². The molecule has 0 aromatic heterocycles. The van der Waals surface area contributed by atoms with Crippen molar-refractivity contribution in [2.24, 2.45) is 0 Å². The maximum absolute atomic E-state index is 10.3. The van der Waals surface area contributed by atoms with Gasteiger partial charge in [-0.25, -0.2) is 0 Å². The molecule has 0 unspecified atom stereocenters. The number of methoxy groups -OCH3 is 1. The molecule has 0 aliphatic carbocycles. The smallest absolute Gasteiger partial charge is 0.307 e. The van der Waals surface area contributed by atoms with Crippen LogP contribution in [0.2, 0.25) is 0 Å². The molecule has 0 saturated carbocycles. The predicted molar refractivity (Wildman–Crippen MR) is 54.3 cm³/mol. The summed E-state index contributed by atoms with van der Waals surface area (Å²) in [5, 5.41) is 8.44. The van der Waals surface area contributed by atoms with Gasteiger partial charge in [0.25, 0.3) is 0 Å². The molecule has 0 saturated heterocycles. The van der Waals surface area contributed by atoms with Gasteiger partial charge < -0.3 is 9.84 Å². The van der Waals surface area contributed by atoms with Gasteiger partial charge in [-0.1, -0.05) is 30.4 Å². The summed E-state index contributed by atoms with van der Waals surface area (Å²) >= 11 is 0. The number of carbonyl (C=O) groups is 1. The Labute approximate surface area is 82.6 Å². The van der Waals surface area contributed by atoms with Crippen molar-refractivity contribution in [3.8, 4) is 5.75 Å². The third-order valence-corrected chi connectivity index (χ3v) is 1.73. The number of para-hydroxylation sites is 1. The van der Waals surface area contributed by atoms with E-state index < -0.39 is 5.97 Å². The molecule has 0 spiro atoms. The fraction of sp³-hybridized carbons (Fsp3) is 0.182. The van der Waals surface area contributed by atoms with Gasteiger partial charge in [0, 0.05) is 5.56 Å². The largest absolute Gasteiger partial charge is 0.496 e. The molecule has 1 aromatic rings. The van der Waals surface area contributed by atoms with Crippen LogP contribution in [0.4, 0.5) is 0 Å². The van der Waals surface area contributed by atoms with Crippen molar-refractivity contribution in [2.75, 3.05) is 7.11 Å². The summed E-state index contributed by atoms with van der Waals surface area (Å²) in [6, 6.07) is 7.45. The van der Waals surface area contributed by atoms with Crippen molar-refractivity contribution >= 4 is 12.0 Å². The number of ether oxygens (including phenoxy) is 1. The second-order valence-corrected chi connectivity index (χ2v) is 2.74. The highest BCUT2D eigenvalue weighted by atomic mass is 16.5. The Morgan fingerprint density at radius 2 is 2.21 bits per heavy atom. The molecule has 0 fully saturated rings. The van der Waals surface area contributed by atoms with E-state index in [0.717, 1.165) is 11.3 Å². The highest BCUT2D eigenvalue weighted by Crippen LogP contribution is 2.18. The Morgan fingerprint density at radius 1 is 1.50 bits per heavy atom. The third kappa shape index (κ3) is 2.94. The van der Waals surface area contributed by atoms with Crippen molar-refractivity contribution < 1.29 is 14.6 Å². The molecular weight excluding hydrogens is 180 g/mol. The average Bonchev–Trinajstić information content (AvgIpc) is 2.18. The summed E-state index contributed by atoms with van der Waals surface area (Å²) in [7, 11) is 1.59. The summed E-state index contributed by atoms with van der Waals surface area (Å²) in [4.78, 5) is 10.3. The highest BCUT2D eigenvalue weighted by molar-refractivity contribution is 5.71. The van der Waals surface area contributed by atoms with Gasteiger partial charge in [-0.15, -0.1) is 0 Å². The number of hydrogen-bond donors (Lipinski definition) is 1. The van der Waals surface area contributed by atoms with E-state index in [0.29, 0.717) is 0 Å². The van der Waals surface area contributed by atoms with E-state index in [2.05, 4.69) is 0 Å². The second kappa shape index (κ2) is 5.07.